The van der Waals surface area contributed by atoms with Crippen LogP contribution in [0.2, 0.25) is 0 Å². The number of carbonyl (C=O) groups is 1. The summed E-state index contributed by atoms with van der Waals surface area (Å²) in [6.45, 7) is 0.195. The van der Waals surface area contributed by atoms with Crippen molar-refractivity contribution in [2.45, 2.75) is 44.3 Å². The average Bonchev–Trinajstić information content (AvgIpc) is 2.99. The Kier molecular flexibility index (Phi) is 7.03. The molecule has 0 bridgehead atoms. The van der Waals surface area contributed by atoms with Crippen LogP contribution in [0.3, 0.4) is 0 Å². The van der Waals surface area contributed by atoms with E-state index in [0.717, 1.165) is 29.4 Å². The van der Waals surface area contributed by atoms with Gasteiger partial charge in [0.1, 0.15) is 5.82 Å². The van der Waals surface area contributed by atoms with Gasteiger partial charge in [0.15, 0.2) is 0 Å². The Morgan fingerprint density at radius 1 is 1.43 bits per heavy atom. The monoisotopic (exact) mass is 308 g/mol. The fourth-order valence-corrected chi connectivity index (χ4v) is 3.42. The van der Waals surface area contributed by atoms with Crippen LogP contribution in [0.1, 0.15) is 44.1 Å². The van der Waals surface area contributed by atoms with Crippen molar-refractivity contribution in [3.8, 4) is 0 Å². The van der Waals surface area contributed by atoms with E-state index in [1.807, 2.05) is 12.1 Å². The second kappa shape index (κ2) is 9.05. The van der Waals surface area contributed by atoms with Gasteiger partial charge in [-0.1, -0.05) is 25.7 Å². The fraction of sp³-hybridized carbons (Fsp3) is 0.625. The Morgan fingerprint density at radius 3 is 3.00 bits per heavy atom. The first-order chi connectivity index (χ1) is 10.3. The second-order valence-electron chi connectivity index (χ2n) is 5.56. The molecule has 21 heavy (non-hydrogen) atoms. The highest BCUT2D eigenvalue weighted by Gasteiger charge is 2.16. The fourth-order valence-electron chi connectivity index (χ4n) is 2.73. The van der Waals surface area contributed by atoms with Gasteiger partial charge in [0.05, 0.1) is 6.61 Å². The third-order valence-electron chi connectivity index (χ3n) is 3.85. The molecule has 0 aliphatic heterocycles. The van der Waals surface area contributed by atoms with Gasteiger partial charge < -0.3 is 10.4 Å². The summed E-state index contributed by atoms with van der Waals surface area (Å²) in [6, 6.07) is 3.86. The molecule has 2 N–H and O–H groups in total. The van der Waals surface area contributed by atoms with Crippen molar-refractivity contribution < 1.29 is 9.90 Å². The van der Waals surface area contributed by atoms with Crippen LogP contribution < -0.4 is 5.32 Å². The zero-order chi connectivity index (χ0) is 14.9. The lowest BCUT2D eigenvalue weighted by Crippen LogP contribution is -2.13. The summed E-state index contributed by atoms with van der Waals surface area (Å²) in [7, 11) is 0. The molecule has 1 fully saturated rings. The van der Waals surface area contributed by atoms with Crippen LogP contribution in [0, 0.1) is 5.92 Å². The van der Waals surface area contributed by atoms with Gasteiger partial charge in [-0.2, -0.15) is 11.8 Å². The Labute approximate surface area is 130 Å². The topological polar surface area (TPSA) is 62.2 Å². The molecule has 0 spiro atoms. The number of aromatic nitrogens is 1. The summed E-state index contributed by atoms with van der Waals surface area (Å²) in [5, 5.41) is 11.7. The molecule has 5 heteroatoms. The summed E-state index contributed by atoms with van der Waals surface area (Å²) in [4.78, 5) is 16.1. The second-order valence-corrected chi connectivity index (χ2v) is 6.67. The first-order valence-corrected chi connectivity index (χ1v) is 8.87. The number of aliphatic hydroxyl groups excluding tert-OH is 1. The Morgan fingerprint density at radius 2 is 2.24 bits per heavy atom. The van der Waals surface area contributed by atoms with Crippen LogP contribution in [0.4, 0.5) is 5.82 Å². The molecule has 0 atom stereocenters. The minimum absolute atomic E-state index is 0.0644. The molecule has 0 saturated heterocycles. The number of aliphatic hydroxyl groups is 1. The van der Waals surface area contributed by atoms with E-state index >= 15 is 0 Å². The number of carbonyl (C=O) groups excluding carboxylic acids is 1. The number of rotatable bonds is 8. The average molecular weight is 308 g/mol. The molecule has 1 aromatic rings. The first-order valence-electron chi connectivity index (χ1n) is 7.71. The van der Waals surface area contributed by atoms with Gasteiger partial charge in [0, 0.05) is 24.1 Å². The molecule has 1 aliphatic rings. The minimum Gasteiger partial charge on any atom is -0.396 e. The number of nitrogens with zero attached hydrogens (tertiary/aromatic N) is 1. The quantitative estimate of drug-likeness (QED) is 0.724. The number of thioether (sulfide) groups is 1. The maximum Gasteiger partial charge on any atom is 0.225 e. The predicted molar refractivity (Wildman–Crippen MR) is 87.3 cm³/mol. The van der Waals surface area contributed by atoms with E-state index in [9.17, 15) is 4.79 Å². The van der Waals surface area contributed by atoms with Gasteiger partial charge in [-0.3, -0.25) is 4.79 Å². The molecule has 2 rings (SSSR count). The number of amides is 1. The third kappa shape index (κ3) is 6.06. The molecule has 1 aromatic heterocycles. The molecular formula is C16H24N2O2S. The molecule has 1 aliphatic carbocycles. The van der Waals surface area contributed by atoms with Crippen molar-refractivity contribution in [1.82, 2.24) is 4.98 Å². The highest BCUT2D eigenvalue weighted by atomic mass is 32.2. The molecular weight excluding hydrogens is 284 g/mol. The molecule has 1 heterocycles. The van der Waals surface area contributed by atoms with Gasteiger partial charge >= 0.3 is 0 Å². The summed E-state index contributed by atoms with van der Waals surface area (Å²) in [5.41, 5.74) is 1.12. The highest BCUT2D eigenvalue weighted by molar-refractivity contribution is 7.98. The number of anilines is 1. The van der Waals surface area contributed by atoms with Crippen LogP contribution in [0.5, 0.6) is 0 Å². The maximum absolute atomic E-state index is 12.0. The lowest BCUT2D eigenvalue weighted by atomic mass is 10.0. The Balaban J connectivity index is 1.75. The van der Waals surface area contributed by atoms with Crippen LogP contribution in [-0.2, 0) is 10.5 Å². The number of nitrogens with one attached hydrogen (secondary N) is 1. The van der Waals surface area contributed by atoms with E-state index < -0.39 is 0 Å². The van der Waals surface area contributed by atoms with Gasteiger partial charge in [-0.15, -0.1) is 0 Å². The standard InChI is InChI=1S/C16H24N2O2S/c19-9-10-21-12-14-7-8-17-15(11-14)18-16(20)6-5-13-3-1-2-4-13/h7-8,11,13,19H,1-6,9-10,12H2,(H,17,18,20). The summed E-state index contributed by atoms with van der Waals surface area (Å²) >= 11 is 1.67. The zero-order valence-corrected chi connectivity index (χ0v) is 13.2. The van der Waals surface area contributed by atoms with Gasteiger partial charge in [0.2, 0.25) is 5.91 Å². The first kappa shape index (κ1) is 16.3. The van der Waals surface area contributed by atoms with Crippen molar-refractivity contribution in [1.29, 1.82) is 0 Å². The Bertz CT molecular complexity index is 448. The van der Waals surface area contributed by atoms with Crippen LogP contribution >= 0.6 is 11.8 Å². The van der Waals surface area contributed by atoms with E-state index in [0.29, 0.717) is 12.2 Å². The summed E-state index contributed by atoms with van der Waals surface area (Å²) < 4.78 is 0. The molecule has 1 saturated carbocycles. The molecule has 0 radical (unpaired) electrons. The molecule has 0 aromatic carbocycles. The van der Waals surface area contributed by atoms with Crippen molar-refractivity contribution in [2.75, 3.05) is 17.7 Å². The van der Waals surface area contributed by atoms with Crippen LogP contribution in [-0.4, -0.2) is 28.4 Å². The number of hydrogen-bond donors (Lipinski definition) is 2. The molecule has 0 unspecified atom stereocenters. The minimum atomic E-state index is 0.0644. The van der Waals surface area contributed by atoms with E-state index in [1.54, 1.807) is 18.0 Å². The van der Waals surface area contributed by atoms with E-state index in [2.05, 4.69) is 10.3 Å². The van der Waals surface area contributed by atoms with Gasteiger partial charge in [-0.25, -0.2) is 4.98 Å². The van der Waals surface area contributed by atoms with E-state index in [-0.39, 0.29) is 12.5 Å². The van der Waals surface area contributed by atoms with Gasteiger partial charge in [0.25, 0.3) is 0 Å². The molecule has 1 amide bonds. The molecule has 116 valence electrons. The normalized spacial score (nSPS) is 15.3. The predicted octanol–water partition coefficient (Wildman–Crippen LogP) is 3.22. The van der Waals surface area contributed by atoms with Gasteiger partial charge in [-0.05, 0) is 30.0 Å². The summed E-state index contributed by atoms with van der Waals surface area (Å²) in [6.07, 6.45) is 8.52. The summed E-state index contributed by atoms with van der Waals surface area (Å²) in [5.74, 6) is 2.99. The lowest BCUT2D eigenvalue weighted by Gasteiger charge is -2.09. The van der Waals surface area contributed by atoms with E-state index in [4.69, 9.17) is 5.11 Å². The van der Waals surface area contributed by atoms with Crippen molar-refractivity contribution >= 4 is 23.5 Å². The molecule has 4 nitrogen and oxygen atoms in total. The highest BCUT2D eigenvalue weighted by Crippen LogP contribution is 2.28. The zero-order valence-electron chi connectivity index (χ0n) is 12.4. The maximum atomic E-state index is 12.0. The van der Waals surface area contributed by atoms with Crippen LogP contribution in [0.25, 0.3) is 0 Å². The van der Waals surface area contributed by atoms with Crippen molar-refractivity contribution in [3.05, 3.63) is 23.9 Å². The SMILES string of the molecule is O=C(CCC1CCCC1)Nc1cc(CSCCO)ccn1. The lowest BCUT2D eigenvalue weighted by molar-refractivity contribution is -0.116. The van der Waals surface area contributed by atoms with Crippen LogP contribution in [0.15, 0.2) is 18.3 Å². The number of pyridine rings is 1. The Hall–Kier alpha value is -1.07. The van der Waals surface area contributed by atoms with Crippen molar-refractivity contribution in [3.63, 3.8) is 0 Å². The third-order valence-corrected chi connectivity index (χ3v) is 4.86. The smallest absolute Gasteiger partial charge is 0.225 e. The van der Waals surface area contributed by atoms with Crippen molar-refractivity contribution in [2.24, 2.45) is 5.92 Å². The number of hydrogen-bond acceptors (Lipinski definition) is 4. The van der Waals surface area contributed by atoms with E-state index in [1.165, 1.54) is 25.7 Å². The largest absolute Gasteiger partial charge is 0.396 e.